The zero-order valence-electron chi connectivity index (χ0n) is 15.1. The van der Waals surface area contributed by atoms with Crippen molar-refractivity contribution in [1.82, 2.24) is 9.97 Å². The summed E-state index contributed by atoms with van der Waals surface area (Å²) in [5.41, 5.74) is -0.454. The number of halogens is 1. The van der Waals surface area contributed by atoms with Crippen molar-refractivity contribution >= 4 is 40.2 Å². The van der Waals surface area contributed by atoms with Gasteiger partial charge >= 0.3 is 6.09 Å². The average Bonchev–Trinajstić information content (AvgIpc) is 2.60. The summed E-state index contributed by atoms with van der Waals surface area (Å²) in [7, 11) is 0. The molecule has 0 saturated carbocycles. The molecule has 6 nitrogen and oxygen atoms in total. The molecule has 2 amide bonds. The van der Waals surface area contributed by atoms with Crippen molar-refractivity contribution in [3.05, 3.63) is 65.6 Å². The minimum Gasteiger partial charge on any atom is -0.443 e. The van der Waals surface area contributed by atoms with Crippen LogP contribution in [0.25, 0.3) is 10.8 Å². The van der Waals surface area contributed by atoms with Crippen LogP contribution in [0.5, 0.6) is 0 Å². The second kappa shape index (κ2) is 7.32. The molecule has 0 aliphatic carbocycles. The van der Waals surface area contributed by atoms with Gasteiger partial charge in [-0.25, -0.2) is 9.78 Å². The normalized spacial score (nSPS) is 11.3. The number of benzene rings is 2. The molecule has 3 aromatic rings. The average molecular weight is 384 g/mol. The van der Waals surface area contributed by atoms with Crippen molar-refractivity contribution in [2.24, 2.45) is 0 Å². The van der Waals surface area contributed by atoms with Crippen LogP contribution in [0.4, 0.5) is 10.6 Å². The van der Waals surface area contributed by atoms with Gasteiger partial charge in [-0.3, -0.25) is 4.79 Å². The van der Waals surface area contributed by atoms with E-state index in [-0.39, 0.29) is 11.1 Å². The lowest BCUT2D eigenvalue weighted by atomic mass is 10.1. The van der Waals surface area contributed by atoms with E-state index >= 15 is 0 Å². The predicted octanol–water partition coefficient (Wildman–Crippen LogP) is 4.87. The monoisotopic (exact) mass is 383 g/mol. The highest BCUT2D eigenvalue weighted by molar-refractivity contribution is 6.28. The molecule has 0 fully saturated rings. The van der Waals surface area contributed by atoms with E-state index in [4.69, 9.17) is 16.3 Å². The summed E-state index contributed by atoms with van der Waals surface area (Å²) in [4.78, 5) is 34.5. The summed E-state index contributed by atoms with van der Waals surface area (Å²) in [6.07, 6.45) is 0.533. The molecule has 3 rings (SSSR count). The fraction of sp³-hybridized carbons (Fsp3) is 0.200. The van der Waals surface area contributed by atoms with E-state index in [0.29, 0.717) is 5.56 Å². The molecule has 0 bridgehead atoms. The van der Waals surface area contributed by atoms with Crippen LogP contribution in [0.1, 0.15) is 31.1 Å². The van der Waals surface area contributed by atoms with Crippen molar-refractivity contribution in [2.45, 2.75) is 26.4 Å². The van der Waals surface area contributed by atoms with Crippen LogP contribution in [-0.2, 0) is 4.74 Å². The van der Waals surface area contributed by atoms with E-state index in [1.165, 1.54) is 12.3 Å². The van der Waals surface area contributed by atoms with E-state index in [2.05, 4.69) is 9.97 Å². The largest absolute Gasteiger partial charge is 0.443 e. The SMILES string of the molecule is CC(C)(C)OC(=O)N(C(=O)c1ccc2ccccc2c1)c1ccnc(Cl)n1. The number of anilines is 1. The summed E-state index contributed by atoms with van der Waals surface area (Å²) < 4.78 is 5.39. The van der Waals surface area contributed by atoms with Crippen LogP contribution in [0.3, 0.4) is 0 Å². The number of fused-ring (bicyclic) bond motifs is 1. The first-order valence-electron chi connectivity index (χ1n) is 8.29. The Balaban J connectivity index is 2.05. The second-order valence-corrected chi connectivity index (χ2v) is 7.20. The third kappa shape index (κ3) is 4.41. The Labute approximate surface area is 161 Å². The third-order valence-corrected chi connectivity index (χ3v) is 3.80. The van der Waals surface area contributed by atoms with Crippen molar-refractivity contribution in [1.29, 1.82) is 0 Å². The Morgan fingerprint density at radius 2 is 1.74 bits per heavy atom. The number of carbonyl (C=O) groups excluding carboxylic acids is 2. The number of hydrogen-bond acceptors (Lipinski definition) is 5. The highest BCUT2D eigenvalue weighted by atomic mass is 35.5. The van der Waals surface area contributed by atoms with E-state index in [1.807, 2.05) is 30.3 Å². The van der Waals surface area contributed by atoms with E-state index in [0.717, 1.165) is 15.7 Å². The molecule has 0 N–H and O–H groups in total. The third-order valence-electron chi connectivity index (χ3n) is 3.62. The lowest BCUT2D eigenvalue weighted by molar-refractivity contribution is 0.0563. The number of carbonyl (C=O) groups is 2. The summed E-state index contributed by atoms with van der Waals surface area (Å²) in [6, 6.07) is 14.3. The molecular weight excluding hydrogens is 366 g/mol. The van der Waals surface area contributed by atoms with Crippen LogP contribution >= 0.6 is 11.6 Å². The number of rotatable bonds is 2. The molecule has 1 aromatic heterocycles. The molecule has 7 heteroatoms. The van der Waals surface area contributed by atoms with Crippen LogP contribution in [0, 0.1) is 0 Å². The van der Waals surface area contributed by atoms with Gasteiger partial charge in [-0.1, -0.05) is 30.3 Å². The molecule has 0 unspecified atom stereocenters. The number of imide groups is 1. The highest BCUT2D eigenvalue weighted by Gasteiger charge is 2.31. The summed E-state index contributed by atoms with van der Waals surface area (Å²) in [5.74, 6) is -0.521. The minimum absolute atomic E-state index is 0.0439. The lowest BCUT2D eigenvalue weighted by Crippen LogP contribution is -2.41. The second-order valence-electron chi connectivity index (χ2n) is 6.87. The van der Waals surface area contributed by atoms with Gasteiger partial charge in [-0.15, -0.1) is 0 Å². The molecule has 0 spiro atoms. The van der Waals surface area contributed by atoms with Crippen molar-refractivity contribution in [3.8, 4) is 0 Å². The molecule has 0 saturated heterocycles. The van der Waals surface area contributed by atoms with Gasteiger partial charge in [0.1, 0.15) is 5.60 Å². The Kier molecular flexibility index (Phi) is 5.10. The van der Waals surface area contributed by atoms with Crippen molar-refractivity contribution < 1.29 is 14.3 Å². The van der Waals surface area contributed by atoms with Gasteiger partial charge in [0.05, 0.1) is 0 Å². The maximum absolute atomic E-state index is 13.1. The Hall–Kier alpha value is -2.99. The van der Waals surface area contributed by atoms with Crippen molar-refractivity contribution in [2.75, 3.05) is 4.90 Å². The predicted molar refractivity (Wildman–Crippen MR) is 104 cm³/mol. The number of hydrogen-bond donors (Lipinski definition) is 0. The zero-order valence-corrected chi connectivity index (χ0v) is 15.9. The minimum atomic E-state index is -0.838. The molecule has 138 valence electrons. The van der Waals surface area contributed by atoms with Gasteiger partial charge in [0.25, 0.3) is 5.91 Å². The Morgan fingerprint density at radius 3 is 2.41 bits per heavy atom. The summed E-state index contributed by atoms with van der Waals surface area (Å²) >= 11 is 5.84. The van der Waals surface area contributed by atoms with Gasteiger partial charge in [-0.05, 0) is 55.3 Å². The van der Waals surface area contributed by atoms with Crippen molar-refractivity contribution in [3.63, 3.8) is 0 Å². The highest BCUT2D eigenvalue weighted by Crippen LogP contribution is 2.22. The molecule has 0 atom stereocenters. The first-order chi connectivity index (χ1) is 12.7. The number of nitrogens with zero attached hydrogens (tertiary/aromatic N) is 3. The Morgan fingerprint density at radius 1 is 1.04 bits per heavy atom. The van der Waals surface area contributed by atoms with Gasteiger partial charge in [0.15, 0.2) is 5.82 Å². The van der Waals surface area contributed by atoms with Crippen LogP contribution in [0.2, 0.25) is 5.28 Å². The zero-order chi connectivity index (χ0) is 19.6. The van der Waals surface area contributed by atoms with Gasteiger partial charge in [-0.2, -0.15) is 9.88 Å². The van der Waals surface area contributed by atoms with E-state index in [1.54, 1.807) is 32.9 Å². The molecule has 0 aliphatic heterocycles. The maximum atomic E-state index is 13.1. The fourth-order valence-corrected chi connectivity index (χ4v) is 2.63. The smallest absolute Gasteiger partial charge is 0.423 e. The van der Waals surface area contributed by atoms with E-state index in [9.17, 15) is 9.59 Å². The maximum Gasteiger partial charge on any atom is 0.423 e. The van der Waals surface area contributed by atoms with Crippen LogP contribution < -0.4 is 4.90 Å². The number of amides is 2. The molecule has 2 aromatic carbocycles. The molecule has 0 radical (unpaired) electrons. The van der Waals surface area contributed by atoms with Crippen LogP contribution in [-0.4, -0.2) is 27.6 Å². The van der Waals surface area contributed by atoms with Gasteiger partial charge < -0.3 is 4.74 Å². The number of aromatic nitrogens is 2. The molecular formula is C20H18ClN3O3. The topological polar surface area (TPSA) is 72.4 Å². The summed E-state index contributed by atoms with van der Waals surface area (Å²) in [6.45, 7) is 5.16. The van der Waals surface area contributed by atoms with Crippen LogP contribution in [0.15, 0.2) is 54.7 Å². The molecule has 27 heavy (non-hydrogen) atoms. The molecule has 1 heterocycles. The summed E-state index contributed by atoms with van der Waals surface area (Å²) in [5, 5.41) is 1.79. The number of ether oxygens (including phenoxy) is 1. The quantitative estimate of drug-likeness (QED) is 0.590. The Bertz CT molecular complexity index is 1010. The van der Waals surface area contributed by atoms with Gasteiger partial charge in [0.2, 0.25) is 5.28 Å². The fourth-order valence-electron chi connectivity index (χ4n) is 2.49. The lowest BCUT2D eigenvalue weighted by Gasteiger charge is -2.25. The first-order valence-corrected chi connectivity index (χ1v) is 8.67. The standard InChI is InChI=1S/C20H18ClN3O3/c1-20(2,3)27-19(26)24(16-10-11-22-18(21)23-16)17(25)15-9-8-13-6-4-5-7-14(13)12-15/h4-12H,1-3H3. The van der Waals surface area contributed by atoms with Gasteiger partial charge in [0, 0.05) is 17.8 Å². The molecule has 0 aliphatic rings. The first kappa shape index (κ1) is 18.8. The van der Waals surface area contributed by atoms with E-state index < -0.39 is 17.6 Å².